The van der Waals surface area contributed by atoms with Gasteiger partial charge < -0.3 is 14.8 Å². The first kappa shape index (κ1) is 24.3. The first-order valence-electron chi connectivity index (χ1n) is 9.18. The van der Waals surface area contributed by atoms with E-state index in [1.165, 1.54) is 36.4 Å². The number of nitrogens with one attached hydrogen (secondary N) is 1. The molecule has 0 atom stereocenters. The van der Waals surface area contributed by atoms with Crippen LogP contribution in [0.25, 0.3) is 0 Å². The van der Waals surface area contributed by atoms with Crippen LogP contribution in [0.5, 0.6) is 0 Å². The van der Waals surface area contributed by atoms with Gasteiger partial charge in [-0.1, -0.05) is 24.9 Å². The molecule has 0 fully saturated rings. The summed E-state index contributed by atoms with van der Waals surface area (Å²) in [5.41, 5.74) is 0.593. The van der Waals surface area contributed by atoms with E-state index in [1.54, 1.807) is 0 Å². The number of nitrogens with two attached hydrogens (primary N) is 1. The highest BCUT2D eigenvalue weighted by Gasteiger charge is 2.18. The number of amides is 1. The molecule has 0 aliphatic carbocycles. The second-order valence-electron chi connectivity index (χ2n) is 6.38. The molecule has 11 heteroatoms. The fourth-order valence-electron chi connectivity index (χ4n) is 2.34. The Balaban J connectivity index is 1.91. The average molecular weight is 469 g/mol. The van der Waals surface area contributed by atoms with Crippen molar-refractivity contribution in [1.82, 2.24) is 0 Å². The number of sulfonamides is 1. The van der Waals surface area contributed by atoms with Crippen molar-refractivity contribution in [3.05, 3.63) is 58.6 Å². The van der Waals surface area contributed by atoms with Crippen LogP contribution in [0.3, 0.4) is 0 Å². The van der Waals surface area contributed by atoms with Crippen LogP contribution in [0.15, 0.2) is 47.4 Å². The fraction of sp³-hybridized carbons (Fsp3) is 0.250. The molecular weight excluding hydrogens is 448 g/mol. The number of carbonyl (C=O) groups excluding carboxylic acids is 3. The monoisotopic (exact) mass is 468 g/mol. The van der Waals surface area contributed by atoms with Gasteiger partial charge in [0, 0.05) is 5.69 Å². The normalized spacial score (nSPS) is 10.9. The predicted octanol–water partition coefficient (Wildman–Crippen LogP) is 2.74. The third-order valence-electron chi connectivity index (χ3n) is 3.94. The summed E-state index contributed by atoms with van der Waals surface area (Å²) in [6, 6.07) is 9.41. The Kier molecular flexibility index (Phi) is 8.55. The van der Waals surface area contributed by atoms with Crippen molar-refractivity contribution in [3.8, 4) is 0 Å². The van der Waals surface area contributed by atoms with Crippen molar-refractivity contribution >= 4 is 45.2 Å². The Labute approximate surface area is 184 Å². The third-order valence-corrected chi connectivity index (χ3v) is 5.34. The van der Waals surface area contributed by atoms with E-state index < -0.39 is 39.4 Å². The van der Waals surface area contributed by atoms with Gasteiger partial charge >= 0.3 is 11.9 Å². The number of anilines is 1. The standard InChI is InChI=1S/C20H21ClN2O7S/c1-2-3-10-29-19(25)13-4-7-15(8-5-13)23-18(24)12-30-20(26)14-6-9-16(21)17(11-14)31(22,27)28/h4-9,11H,2-3,10,12H2,1H3,(H,23,24)(H2,22,27,28). The lowest BCUT2D eigenvalue weighted by Gasteiger charge is -2.09. The number of halogens is 1. The van der Waals surface area contributed by atoms with Gasteiger partial charge in [-0.15, -0.1) is 0 Å². The summed E-state index contributed by atoms with van der Waals surface area (Å²) in [6.07, 6.45) is 1.69. The molecule has 2 aromatic carbocycles. The van der Waals surface area contributed by atoms with Crippen molar-refractivity contribution in [2.75, 3.05) is 18.5 Å². The molecule has 1 amide bonds. The van der Waals surface area contributed by atoms with E-state index in [-0.39, 0.29) is 10.6 Å². The van der Waals surface area contributed by atoms with E-state index in [1.807, 2.05) is 6.92 Å². The summed E-state index contributed by atoms with van der Waals surface area (Å²) >= 11 is 5.76. The molecule has 0 saturated carbocycles. The number of primary sulfonamides is 1. The Morgan fingerprint density at radius 3 is 2.23 bits per heavy atom. The van der Waals surface area contributed by atoms with Crippen LogP contribution < -0.4 is 10.5 Å². The molecule has 0 spiro atoms. The molecule has 0 unspecified atom stereocenters. The summed E-state index contributed by atoms with van der Waals surface area (Å²) in [4.78, 5) is 35.5. The van der Waals surface area contributed by atoms with Gasteiger partial charge in [-0.2, -0.15) is 0 Å². The third kappa shape index (κ3) is 7.35. The van der Waals surface area contributed by atoms with Crippen molar-refractivity contribution in [2.24, 2.45) is 5.14 Å². The molecular formula is C20H21ClN2O7S. The van der Waals surface area contributed by atoms with Crippen LogP contribution in [0.1, 0.15) is 40.5 Å². The minimum absolute atomic E-state index is 0.132. The molecule has 0 saturated heterocycles. The van der Waals surface area contributed by atoms with Crippen LogP contribution in [0.2, 0.25) is 5.02 Å². The van der Waals surface area contributed by atoms with Crippen molar-refractivity contribution in [2.45, 2.75) is 24.7 Å². The van der Waals surface area contributed by atoms with Gasteiger partial charge in [-0.25, -0.2) is 23.1 Å². The molecule has 166 valence electrons. The van der Waals surface area contributed by atoms with Crippen molar-refractivity contribution in [1.29, 1.82) is 0 Å². The highest BCUT2D eigenvalue weighted by atomic mass is 35.5. The van der Waals surface area contributed by atoms with Gasteiger partial charge in [0.15, 0.2) is 6.61 Å². The molecule has 9 nitrogen and oxygen atoms in total. The summed E-state index contributed by atoms with van der Waals surface area (Å²) in [5, 5.41) is 7.40. The van der Waals surface area contributed by atoms with Crippen LogP contribution in [0.4, 0.5) is 5.69 Å². The number of ether oxygens (including phenoxy) is 2. The molecule has 0 aliphatic heterocycles. The SMILES string of the molecule is CCCCOC(=O)c1ccc(NC(=O)COC(=O)c2ccc(Cl)c(S(N)(=O)=O)c2)cc1. The van der Waals surface area contributed by atoms with Gasteiger partial charge in [-0.05, 0) is 48.9 Å². The number of benzene rings is 2. The Bertz CT molecular complexity index is 1070. The topological polar surface area (TPSA) is 142 Å². The maximum absolute atomic E-state index is 12.1. The number of carbonyl (C=O) groups is 3. The average Bonchev–Trinajstić information content (AvgIpc) is 2.72. The molecule has 0 aliphatic rings. The summed E-state index contributed by atoms with van der Waals surface area (Å²) in [5.74, 6) is -2.02. The fourth-order valence-corrected chi connectivity index (χ4v) is 3.41. The van der Waals surface area contributed by atoms with E-state index in [9.17, 15) is 22.8 Å². The van der Waals surface area contributed by atoms with Gasteiger partial charge in [0.1, 0.15) is 4.90 Å². The summed E-state index contributed by atoms with van der Waals surface area (Å²) in [7, 11) is -4.13. The van der Waals surface area contributed by atoms with Gasteiger partial charge in [0.25, 0.3) is 5.91 Å². The second-order valence-corrected chi connectivity index (χ2v) is 8.32. The van der Waals surface area contributed by atoms with Crippen molar-refractivity contribution < 1.29 is 32.3 Å². The highest BCUT2D eigenvalue weighted by molar-refractivity contribution is 7.89. The van der Waals surface area contributed by atoms with E-state index in [0.717, 1.165) is 18.9 Å². The number of hydrogen-bond donors (Lipinski definition) is 2. The van der Waals surface area contributed by atoms with E-state index in [4.69, 9.17) is 26.2 Å². The van der Waals surface area contributed by atoms with Gasteiger partial charge in [-0.3, -0.25) is 4.79 Å². The lowest BCUT2D eigenvalue weighted by atomic mass is 10.2. The van der Waals surface area contributed by atoms with Gasteiger partial charge in [0.05, 0.1) is 22.8 Å². The minimum atomic E-state index is -4.13. The smallest absolute Gasteiger partial charge is 0.338 e. The van der Waals surface area contributed by atoms with Crippen molar-refractivity contribution in [3.63, 3.8) is 0 Å². The zero-order chi connectivity index (χ0) is 23.0. The van der Waals surface area contributed by atoms with Crippen LogP contribution in [0, 0.1) is 0 Å². The minimum Gasteiger partial charge on any atom is -0.462 e. The molecule has 0 radical (unpaired) electrons. The first-order chi connectivity index (χ1) is 14.6. The van der Waals surface area contributed by atoms with Gasteiger partial charge in [0.2, 0.25) is 10.0 Å². The van der Waals surface area contributed by atoms with E-state index in [2.05, 4.69) is 5.32 Å². The number of unbranched alkanes of at least 4 members (excludes halogenated alkanes) is 1. The number of esters is 2. The molecule has 31 heavy (non-hydrogen) atoms. The maximum Gasteiger partial charge on any atom is 0.338 e. The largest absolute Gasteiger partial charge is 0.462 e. The lowest BCUT2D eigenvalue weighted by molar-refractivity contribution is -0.119. The Morgan fingerprint density at radius 1 is 1.00 bits per heavy atom. The van der Waals surface area contributed by atoms with Crippen LogP contribution >= 0.6 is 11.6 Å². The quantitative estimate of drug-likeness (QED) is 0.425. The van der Waals surface area contributed by atoms with E-state index in [0.29, 0.717) is 17.9 Å². The van der Waals surface area contributed by atoms with Crippen LogP contribution in [-0.4, -0.2) is 39.5 Å². The number of rotatable bonds is 9. The summed E-state index contributed by atoms with van der Waals surface area (Å²) < 4.78 is 32.9. The zero-order valence-electron chi connectivity index (χ0n) is 16.6. The highest BCUT2D eigenvalue weighted by Crippen LogP contribution is 2.22. The molecule has 3 N–H and O–H groups in total. The lowest BCUT2D eigenvalue weighted by Crippen LogP contribution is -2.21. The summed E-state index contributed by atoms with van der Waals surface area (Å²) in [6.45, 7) is 1.71. The molecule has 2 aromatic rings. The first-order valence-corrected chi connectivity index (χ1v) is 11.1. The Hall–Kier alpha value is -2.95. The van der Waals surface area contributed by atoms with E-state index >= 15 is 0 Å². The number of hydrogen-bond acceptors (Lipinski definition) is 7. The second kappa shape index (κ2) is 10.9. The molecule has 0 aromatic heterocycles. The maximum atomic E-state index is 12.1. The predicted molar refractivity (Wildman–Crippen MR) is 113 cm³/mol. The molecule has 0 bridgehead atoms. The molecule has 0 heterocycles. The molecule has 2 rings (SSSR count). The van der Waals surface area contributed by atoms with Crippen LogP contribution in [-0.2, 0) is 24.3 Å². The zero-order valence-corrected chi connectivity index (χ0v) is 18.2. The Morgan fingerprint density at radius 2 is 1.61 bits per heavy atom.